The van der Waals surface area contributed by atoms with Crippen molar-refractivity contribution in [2.75, 3.05) is 0 Å². The van der Waals surface area contributed by atoms with Crippen molar-refractivity contribution < 1.29 is 14.8 Å². The maximum Gasteiger partial charge on any atom is 0.271 e. The average molecular weight is 335 g/mol. The minimum atomic E-state index is -0.583. The second-order valence-electron chi connectivity index (χ2n) is 5.26. The van der Waals surface area contributed by atoms with Crippen molar-refractivity contribution in [3.8, 4) is 5.75 Å². The van der Waals surface area contributed by atoms with Crippen molar-refractivity contribution in [2.24, 2.45) is 5.10 Å². The molecule has 0 aliphatic heterocycles. The van der Waals surface area contributed by atoms with Crippen molar-refractivity contribution in [3.05, 3.63) is 81.9 Å². The van der Waals surface area contributed by atoms with Gasteiger partial charge in [-0.15, -0.1) is 0 Å². The molecule has 0 unspecified atom stereocenters. The Bertz CT molecular complexity index is 999. The molecular formula is C18H13N3O4. The van der Waals surface area contributed by atoms with Gasteiger partial charge in [-0.2, -0.15) is 5.10 Å². The summed E-state index contributed by atoms with van der Waals surface area (Å²) in [7, 11) is 0. The van der Waals surface area contributed by atoms with Crippen LogP contribution in [0.4, 0.5) is 5.69 Å². The van der Waals surface area contributed by atoms with E-state index in [4.69, 9.17) is 0 Å². The first kappa shape index (κ1) is 16.1. The Kier molecular flexibility index (Phi) is 4.38. The van der Waals surface area contributed by atoms with Crippen LogP contribution in [0.25, 0.3) is 10.8 Å². The highest BCUT2D eigenvalue weighted by Gasteiger charge is 2.10. The maximum atomic E-state index is 12.0. The molecule has 0 radical (unpaired) electrons. The van der Waals surface area contributed by atoms with Gasteiger partial charge in [0.1, 0.15) is 5.75 Å². The van der Waals surface area contributed by atoms with Gasteiger partial charge in [0.2, 0.25) is 0 Å². The first-order valence-corrected chi connectivity index (χ1v) is 7.34. The third-order valence-corrected chi connectivity index (χ3v) is 3.58. The molecule has 0 atom stereocenters. The zero-order valence-electron chi connectivity index (χ0n) is 12.9. The number of phenolic OH excluding ortho intramolecular Hbond substituents is 1. The number of amides is 1. The van der Waals surface area contributed by atoms with Crippen molar-refractivity contribution >= 4 is 28.6 Å². The first-order valence-electron chi connectivity index (χ1n) is 7.34. The Hall–Kier alpha value is -3.74. The number of aromatic hydroxyl groups is 1. The van der Waals surface area contributed by atoms with E-state index in [0.717, 1.165) is 10.8 Å². The summed E-state index contributed by atoms with van der Waals surface area (Å²) in [6.07, 6.45) is 1.32. The van der Waals surface area contributed by atoms with Gasteiger partial charge in [0.15, 0.2) is 0 Å². The van der Waals surface area contributed by atoms with Crippen LogP contribution in [-0.2, 0) is 0 Å². The number of hydrogen-bond donors (Lipinski definition) is 2. The molecular weight excluding hydrogens is 322 g/mol. The lowest BCUT2D eigenvalue weighted by molar-refractivity contribution is -0.384. The Labute approximate surface area is 142 Å². The smallest absolute Gasteiger partial charge is 0.271 e. The lowest BCUT2D eigenvalue weighted by atomic mass is 10.1. The molecule has 7 heteroatoms. The van der Waals surface area contributed by atoms with E-state index < -0.39 is 10.8 Å². The molecule has 3 aromatic carbocycles. The van der Waals surface area contributed by atoms with Crippen LogP contribution in [-0.4, -0.2) is 22.2 Å². The molecule has 1 amide bonds. The molecule has 0 heterocycles. The average Bonchev–Trinajstić information content (AvgIpc) is 2.62. The predicted molar refractivity (Wildman–Crippen MR) is 93.8 cm³/mol. The molecule has 0 fully saturated rings. The van der Waals surface area contributed by atoms with Gasteiger partial charge in [0, 0.05) is 23.3 Å². The number of nitro groups is 1. The molecule has 0 aliphatic rings. The fraction of sp³-hybridized carbons (Fsp3) is 0. The van der Waals surface area contributed by atoms with E-state index >= 15 is 0 Å². The number of fused-ring (bicyclic) bond motifs is 1. The van der Waals surface area contributed by atoms with Crippen LogP contribution >= 0.6 is 0 Å². The fourth-order valence-corrected chi connectivity index (χ4v) is 2.33. The van der Waals surface area contributed by atoms with Crippen LogP contribution in [0.15, 0.2) is 65.8 Å². The van der Waals surface area contributed by atoms with Crippen LogP contribution in [0.3, 0.4) is 0 Å². The number of carbonyl (C=O) groups is 1. The summed E-state index contributed by atoms with van der Waals surface area (Å²) >= 11 is 0. The van der Waals surface area contributed by atoms with Crippen LogP contribution in [0.1, 0.15) is 15.9 Å². The van der Waals surface area contributed by atoms with E-state index in [9.17, 15) is 20.0 Å². The number of nitrogens with zero attached hydrogens (tertiary/aromatic N) is 2. The Morgan fingerprint density at radius 3 is 2.52 bits per heavy atom. The molecule has 0 aromatic heterocycles. The molecule has 3 rings (SSSR count). The van der Waals surface area contributed by atoms with Gasteiger partial charge in [-0.05, 0) is 29.0 Å². The summed E-state index contributed by atoms with van der Waals surface area (Å²) < 4.78 is 0. The highest BCUT2D eigenvalue weighted by atomic mass is 16.6. The molecule has 7 nitrogen and oxygen atoms in total. The Morgan fingerprint density at radius 1 is 1.08 bits per heavy atom. The third-order valence-electron chi connectivity index (χ3n) is 3.58. The Balaban J connectivity index is 1.77. The number of carbonyl (C=O) groups excluding carboxylic acids is 1. The molecule has 0 spiro atoms. The van der Waals surface area contributed by atoms with Gasteiger partial charge in [-0.1, -0.05) is 30.3 Å². The van der Waals surface area contributed by atoms with Crippen molar-refractivity contribution in [1.29, 1.82) is 0 Å². The summed E-state index contributed by atoms with van der Waals surface area (Å²) in [5.41, 5.74) is 2.67. The number of benzene rings is 3. The number of rotatable bonds is 4. The molecule has 3 aromatic rings. The van der Waals surface area contributed by atoms with Gasteiger partial charge >= 0.3 is 0 Å². The minimum Gasteiger partial charge on any atom is -0.507 e. The third kappa shape index (κ3) is 3.61. The van der Waals surface area contributed by atoms with Crippen LogP contribution in [0.5, 0.6) is 5.75 Å². The van der Waals surface area contributed by atoms with Crippen molar-refractivity contribution in [3.63, 3.8) is 0 Å². The summed E-state index contributed by atoms with van der Waals surface area (Å²) in [4.78, 5) is 22.2. The van der Waals surface area contributed by atoms with E-state index in [1.54, 1.807) is 12.1 Å². The maximum absolute atomic E-state index is 12.0. The van der Waals surface area contributed by atoms with Crippen LogP contribution < -0.4 is 5.43 Å². The fourth-order valence-electron chi connectivity index (χ4n) is 2.33. The second-order valence-corrected chi connectivity index (χ2v) is 5.26. The van der Waals surface area contributed by atoms with Gasteiger partial charge in [0.25, 0.3) is 11.6 Å². The predicted octanol–water partition coefficient (Wildman–Crippen LogP) is 3.22. The zero-order chi connectivity index (χ0) is 17.8. The molecule has 0 bridgehead atoms. The van der Waals surface area contributed by atoms with E-state index in [1.807, 2.05) is 24.3 Å². The largest absolute Gasteiger partial charge is 0.507 e. The zero-order valence-corrected chi connectivity index (χ0v) is 12.9. The lowest BCUT2D eigenvalue weighted by Crippen LogP contribution is -2.17. The number of phenols is 1. The minimum absolute atomic E-state index is 0.0343. The number of nitro benzene ring substituents is 1. The quantitative estimate of drug-likeness (QED) is 0.434. The summed E-state index contributed by atoms with van der Waals surface area (Å²) in [6.45, 7) is 0. The molecule has 0 saturated carbocycles. The molecule has 2 N–H and O–H groups in total. The number of hydrogen-bond acceptors (Lipinski definition) is 5. The van der Waals surface area contributed by atoms with Crippen LogP contribution in [0.2, 0.25) is 0 Å². The number of hydrazone groups is 1. The Morgan fingerprint density at radius 2 is 1.80 bits per heavy atom. The lowest BCUT2D eigenvalue weighted by Gasteiger charge is -2.03. The highest BCUT2D eigenvalue weighted by Crippen LogP contribution is 2.23. The van der Waals surface area contributed by atoms with Gasteiger partial charge < -0.3 is 5.11 Å². The molecule has 0 aliphatic carbocycles. The van der Waals surface area contributed by atoms with E-state index in [1.165, 1.54) is 30.5 Å². The second kappa shape index (κ2) is 6.79. The number of nitrogens with one attached hydrogen (secondary N) is 1. The number of non-ortho nitro benzene ring substituents is 1. The summed E-state index contributed by atoms with van der Waals surface area (Å²) in [5, 5.41) is 26.4. The SMILES string of the molecule is O=C(N/N=C\c1cc2ccccc2cc1O)c1cccc([N+](=O)[O-])c1. The summed E-state index contributed by atoms with van der Waals surface area (Å²) in [5.74, 6) is -0.549. The van der Waals surface area contributed by atoms with Gasteiger partial charge in [-0.3, -0.25) is 14.9 Å². The summed E-state index contributed by atoms with van der Waals surface area (Å²) in [6, 6.07) is 16.2. The van der Waals surface area contributed by atoms with E-state index in [2.05, 4.69) is 10.5 Å². The molecule has 25 heavy (non-hydrogen) atoms. The molecule has 0 saturated heterocycles. The van der Waals surface area contributed by atoms with Crippen molar-refractivity contribution in [2.45, 2.75) is 0 Å². The van der Waals surface area contributed by atoms with E-state index in [0.29, 0.717) is 5.56 Å². The normalized spacial score (nSPS) is 10.9. The first-order chi connectivity index (χ1) is 12.0. The van der Waals surface area contributed by atoms with Crippen molar-refractivity contribution in [1.82, 2.24) is 5.43 Å². The van der Waals surface area contributed by atoms with E-state index in [-0.39, 0.29) is 17.0 Å². The van der Waals surface area contributed by atoms with Gasteiger partial charge in [-0.25, -0.2) is 5.43 Å². The highest BCUT2D eigenvalue weighted by molar-refractivity contribution is 5.97. The molecule has 124 valence electrons. The topological polar surface area (TPSA) is 105 Å². The van der Waals surface area contributed by atoms with Crippen LogP contribution in [0, 0.1) is 10.1 Å². The van der Waals surface area contributed by atoms with Gasteiger partial charge in [0.05, 0.1) is 11.1 Å². The standard InChI is InChI=1S/C18H13N3O4/c22-17-10-13-5-2-1-4-12(13)8-15(17)11-19-20-18(23)14-6-3-7-16(9-14)21(24)25/h1-11,22H,(H,20,23)/b19-11-. The monoisotopic (exact) mass is 335 g/mol.